The Morgan fingerprint density at radius 3 is 2.38 bits per heavy atom. The Morgan fingerprint density at radius 1 is 0.975 bits per heavy atom. The molecule has 1 aliphatic carbocycles. The Morgan fingerprint density at radius 2 is 1.68 bits per heavy atom. The second-order valence-corrected chi connectivity index (χ2v) is 10.8. The molecule has 1 aromatic rings. The average molecular weight is 536 g/mol. The van der Waals surface area contributed by atoms with Gasteiger partial charge in [-0.3, -0.25) is 4.79 Å². The van der Waals surface area contributed by atoms with Crippen molar-refractivity contribution < 1.29 is 15.0 Å². The minimum absolute atomic E-state index is 0.00421. The molecule has 4 aliphatic heterocycles. The molecule has 1 aromatic heterocycles. The standard InChI is InChI=1S/C32H33N5O3/c1-7-18-14(2)21-13-26-30(33-6)17(5)24(35-26)11-22-15(3)19(8-9-28(39)40)31(36-22)20-10-27(38)29-16(4)23(37-32(20)29)12-25(18)34-21/h11-13,33,35,38H,7-10H2,1-6H3,(H,39,40). The maximum atomic E-state index is 11.6. The van der Waals surface area contributed by atoms with Crippen molar-refractivity contribution in [2.45, 2.75) is 60.3 Å². The van der Waals surface area contributed by atoms with Crippen LogP contribution in [0.5, 0.6) is 0 Å². The smallest absolute Gasteiger partial charge is 0.303 e. The maximum absolute atomic E-state index is 11.6. The summed E-state index contributed by atoms with van der Waals surface area (Å²) >= 11 is 0. The fourth-order valence-electron chi connectivity index (χ4n) is 6.29. The summed E-state index contributed by atoms with van der Waals surface area (Å²) < 4.78 is 0. The molecule has 8 bridgehead atoms. The maximum Gasteiger partial charge on any atom is 0.303 e. The Kier molecular flexibility index (Phi) is 6.02. The molecule has 6 rings (SSSR count). The minimum atomic E-state index is -0.858. The summed E-state index contributed by atoms with van der Waals surface area (Å²) in [5, 5.41) is 25.8. The molecule has 0 saturated carbocycles. The van der Waals surface area contributed by atoms with Crippen molar-refractivity contribution in [3.63, 3.8) is 0 Å². The quantitative estimate of drug-likeness (QED) is 0.431. The van der Waals surface area contributed by atoms with E-state index in [-0.39, 0.29) is 12.2 Å². The number of hydrogen-bond donors (Lipinski definition) is 4. The van der Waals surface area contributed by atoms with Gasteiger partial charge in [0, 0.05) is 36.4 Å². The van der Waals surface area contributed by atoms with Crippen molar-refractivity contribution >= 4 is 40.9 Å². The zero-order valence-corrected chi connectivity index (χ0v) is 23.7. The molecule has 40 heavy (non-hydrogen) atoms. The van der Waals surface area contributed by atoms with Gasteiger partial charge >= 0.3 is 5.97 Å². The van der Waals surface area contributed by atoms with Gasteiger partial charge in [-0.05, 0) is 92.2 Å². The molecule has 4 N–H and O–H groups in total. The van der Waals surface area contributed by atoms with Crippen LogP contribution in [-0.4, -0.2) is 45.3 Å². The minimum Gasteiger partial charge on any atom is -0.511 e. The number of nitrogens with zero attached hydrogens (tertiary/aromatic N) is 3. The van der Waals surface area contributed by atoms with E-state index in [1.165, 1.54) is 5.57 Å². The number of aliphatic hydroxyl groups is 1. The highest BCUT2D eigenvalue weighted by Gasteiger charge is 2.37. The molecule has 0 aromatic carbocycles. The molecule has 0 radical (unpaired) electrons. The van der Waals surface area contributed by atoms with Crippen molar-refractivity contribution in [3.05, 3.63) is 84.2 Å². The number of hydrogen-bond acceptors (Lipinski definition) is 6. The van der Waals surface area contributed by atoms with Crippen LogP contribution in [0.1, 0.15) is 58.9 Å². The number of allylic oxidation sites excluding steroid dienone is 8. The van der Waals surface area contributed by atoms with Gasteiger partial charge in [-0.25, -0.2) is 15.0 Å². The van der Waals surface area contributed by atoms with E-state index >= 15 is 0 Å². The van der Waals surface area contributed by atoms with E-state index in [1.807, 2.05) is 33.0 Å². The number of anilines is 1. The van der Waals surface area contributed by atoms with Gasteiger partial charge in [0.1, 0.15) is 5.76 Å². The number of H-pyrrole nitrogens is 1. The predicted molar refractivity (Wildman–Crippen MR) is 160 cm³/mol. The third kappa shape index (κ3) is 3.81. The third-order valence-corrected chi connectivity index (χ3v) is 8.52. The van der Waals surface area contributed by atoms with Gasteiger partial charge in [-0.2, -0.15) is 0 Å². The molecule has 8 nitrogen and oxygen atoms in total. The number of carboxylic acid groups (broad SMARTS) is 1. The van der Waals surface area contributed by atoms with Crippen LogP contribution in [0, 0.1) is 6.92 Å². The highest BCUT2D eigenvalue weighted by Crippen LogP contribution is 2.44. The fraction of sp³-hybridized carbons (Fsp3) is 0.312. The SMILES string of the molecule is CCC1=C(C)C2=NC1=CC1=C(C)C3=C(O)CC(=C4N=C(C=c5[nH]c(c(NC)c5C)=C2)C(C)=C4CCC(=O)O)C3=N1. The summed E-state index contributed by atoms with van der Waals surface area (Å²) in [4.78, 5) is 30.2. The van der Waals surface area contributed by atoms with Crippen LogP contribution in [0.2, 0.25) is 0 Å². The number of aromatic amines is 1. The monoisotopic (exact) mass is 535 g/mol. The lowest BCUT2D eigenvalue weighted by molar-refractivity contribution is -0.136. The first-order chi connectivity index (χ1) is 19.1. The van der Waals surface area contributed by atoms with E-state index in [4.69, 9.17) is 15.0 Å². The van der Waals surface area contributed by atoms with Crippen LogP contribution >= 0.6 is 0 Å². The van der Waals surface area contributed by atoms with Crippen molar-refractivity contribution in [2.75, 3.05) is 12.4 Å². The van der Waals surface area contributed by atoms with Crippen molar-refractivity contribution in [1.82, 2.24) is 4.98 Å². The number of aliphatic carboxylic acids is 1. The first kappa shape index (κ1) is 25.8. The topological polar surface area (TPSA) is 122 Å². The highest BCUT2D eigenvalue weighted by atomic mass is 16.4. The van der Waals surface area contributed by atoms with Gasteiger partial charge < -0.3 is 20.5 Å². The van der Waals surface area contributed by atoms with E-state index in [0.717, 1.165) is 96.0 Å². The van der Waals surface area contributed by atoms with Crippen LogP contribution in [0.4, 0.5) is 5.69 Å². The molecule has 204 valence electrons. The van der Waals surface area contributed by atoms with Crippen LogP contribution in [0.15, 0.2) is 82.9 Å². The molecule has 0 saturated heterocycles. The Hall–Kier alpha value is -4.46. The molecular weight excluding hydrogens is 502 g/mol. The molecule has 0 fully saturated rings. The summed E-state index contributed by atoms with van der Waals surface area (Å²) in [7, 11) is 1.91. The molecular formula is C32H33N5O3. The van der Waals surface area contributed by atoms with Gasteiger partial charge in [-0.1, -0.05) is 6.92 Å². The first-order valence-corrected chi connectivity index (χ1v) is 13.7. The first-order valence-electron chi connectivity index (χ1n) is 13.7. The number of fused-ring (bicyclic) bond motifs is 5. The summed E-state index contributed by atoms with van der Waals surface area (Å²) in [6.45, 7) is 10.3. The molecule has 8 heteroatoms. The van der Waals surface area contributed by atoms with E-state index in [0.29, 0.717) is 12.8 Å². The third-order valence-electron chi connectivity index (χ3n) is 8.52. The second kappa shape index (κ2) is 9.33. The lowest BCUT2D eigenvalue weighted by atomic mass is 9.96. The summed E-state index contributed by atoms with van der Waals surface area (Å²) in [5.41, 5.74) is 13.4. The number of aliphatic hydroxyl groups excluding tert-OH is 1. The normalized spacial score (nSPS) is 19.8. The average Bonchev–Trinajstić information content (AvgIpc) is 3.65. The predicted octanol–water partition coefficient (Wildman–Crippen LogP) is 4.84. The van der Waals surface area contributed by atoms with Gasteiger partial charge in [0.15, 0.2) is 0 Å². The largest absolute Gasteiger partial charge is 0.511 e. The molecule has 0 spiro atoms. The van der Waals surface area contributed by atoms with Gasteiger partial charge in [0.2, 0.25) is 0 Å². The van der Waals surface area contributed by atoms with Gasteiger partial charge in [-0.15, -0.1) is 0 Å². The summed E-state index contributed by atoms with van der Waals surface area (Å²) in [5.74, 6) is -0.588. The number of rotatable bonds is 5. The van der Waals surface area contributed by atoms with Gasteiger partial charge in [0.05, 0.1) is 45.3 Å². The Balaban J connectivity index is 1.69. The Bertz CT molecular complexity index is 1840. The van der Waals surface area contributed by atoms with Crippen LogP contribution in [-0.2, 0) is 4.79 Å². The fourth-order valence-corrected chi connectivity index (χ4v) is 6.29. The van der Waals surface area contributed by atoms with Crippen molar-refractivity contribution in [3.8, 4) is 0 Å². The van der Waals surface area contributed by atoms with Crippen LogP contribution < -0.4 is 16.0 Å². The van der Waals surface area contributed by atoms with E-state index < -0.39 is 5.97 Å². The van der Waals surface area contributed by atoms with Gasteiger partial charge in [0.25, 0.3) is 0 Å². The summed E-state index contributed by atoms with van der Waals surface area (Å²) in [6.07, 6.45) is 7.62. The Labute approximate surface area is 232 Å². The lowest BCUT2D eigenvalue weighted by Crippen LogP contribution is -2.15. The van der Waals surface area contributed by atoms with E-state index in [9.17, 15) is 15.0 Å². The molecule has 0 unspecified atom stereocenters. The molecule has 0 atom stereocenters. The number of carboxylic acids is 1. The lowest BCUT2D eigenvalue weighted by Gasteiger charge is -2.09. The number of aromatic nitrogens is 1. The summed E-state index contributed by atoms with van der Waals surface area (Å²) in [6, 6.07) is 0. The molecule has 0 amide bonds. The highest BCUT2D eigenvalue weighted by molar-refractivity contribution is 6.26. The van der Waals surface area contributed by atoms with Crippen LogP contribution in [0.25, 0.3) is 12.2 Å². The second-order valence-electron chi connectivity index (χ2n) is 10.8. The zero-order chi connectivity index (χ0) is 28.5. The van der Waals surface area contributed by atoms with Crippen molar-refractivity contribution in [2.24, 2.45) is 15.0 Å². The number of carbonyl (C=O) groups is 1. The molecule has 5 heterocycles. The molecule has 5 aliphatic rings. The van der Waals surface area contributed by atoms with Crippen molar-refractivity contribution in [1.29, 1.82) is 0 Å². The number of aliphatic imine (C=N–C) groups is 3. The van der Waals surface area contributed by atoms with Crippen LogP contribution in [0.3, 0.4) is 0 Å². The zero-order valence-electron chi connectivity index (χ0n) is 23.7. The van der Waals surface area contributed by atoms with E-state index in [1.54, 1.807) is 0 Å². The van der Waals surface area contributed by atoms with E-state index in [2.05, 4.69) is 37.1 Å². The number of nitrogens with one attached hydrogen (secondary N) is 2.